The third-order valence-corrected chi connectivity index (χ3v) is 5.87. The molecule has 0 spiro atoms. The van der Waals surface area contributed by atoms with Gasteiger partial charge in [-0.1, -0.05) is 51.1 Å². The maximum Gasteiger partial charge on any atom is 0.317 e. The molecule has 1 aromatic heterocycles. The Morgan fingerprint density at radius 2 is 1.85 bits per heavy atom. The minimum Gasteiger partial charge on any atom is -0.480 e. The van der Waals surface area contributed by atoms with E-state index in [0.717, 1.165) is 41.5 Å². The molecular weight excluding hydrogens is 424 g/mol. The molecule has 3 aromatic rings. The van der Waals surface area contributed by atoms with Gasteiger partial charge in [0.25, 0.3) is 0 Å². The maximum absolute atomic E-state index is 10.9. The number of benzene rings is 2. The summed E-state index contributed by atoms with van der Waals surface area (Å²) in [6, 6.07) is 14.4. The van der Waals surface area contributed by atoms with Crippen LogP contribution in [0.2, 0.25) is 0 Å². The summed E-state index contributed by atoms with van der Waals surface area (Å²) >= 11 is 0. The van der Waals surface area contributed by atoms with Gasteiger partial charge in [-0.05, 0) is 60.5 Å². The molecule has 34 heavy (non-hydrogen) atoms. The van der Waals surface area contributed by atoms with Crippen LogP contribution in [0.4, 0.5) is 0 Å². The average molecular weight is 457 g/mol. The maximum atomic E-state index is 10.9. The normalized spacial score (nSPS) is 11.1. The first kappa shape index (κ1) is 25.1. The van der Waals surface area contributed by atoms with Crippen molar-refractivity contribution in [3.8, 4) is 28.6 Å². The second kappa shape index (κ2) is 11.5. The van der Waals surface area contributed by atoms with E-state index in [-0.39, 0.29) is 6.54 Å². The highest BCUT2D eigenvalue weighted by Crippen LogP contribution is 2.28. The lowest BCUT2D eigenvalue weighted by Crippen LogP contribution is -2.27. The van der Waals surface area contributed by atoms with Crippen LogP contribution >= 0.6 is 0 Å². The summed E-state index contributed by atoms with van der Waals surface area (Å²) in [5.74, 6) is 0.260. The minimum absolute atomic E-state index is 0.0302. The molecule has 0 amide bonds. The lowest BCUT2D eigenvalue weighted by Gasteiger charge is -2.17. The molecule has 6 nitrogen and oxygen atoms in total. The van der Waals surface area contributed by atoms with E-state index in [1.54, 1.807) is 0 Å². The van der Waals surface area contributed by atoms with Crippen LogP contribution in [0, 0.1) is 17.2 Å². The van der Waals surface area contributed by atoms with E-state index < -0.39 is 5.97 Å². The summed E-state index contributed by atoms with van der Waals surface area (Å²) in [5, 5.41) is 18.6. The van der Waals surface area contributed by atoms with Gasteiger partial charge in [-0.25, -0.2) is 9.97 Å². The Morgan fingerprint density at radius 3 is 2.47 bits per heavy atom. The largest absolute Gasteiger partial charge is 0.480 e. The molecule has 0 aliphatic heterocycles. The molecule has 176 valence electrons. The first-order valence-corrected chi connectivity index (χ1v) is 11.7. The number of carbonyl (C=O) groups is 1. The Morgan fingerprint density at radius 1 is 1.12 bits per heavy atom. The van der Waals surface area contributed by atoms with Crippen molar-refractivity contribution in [1.82, 2.24) is 14.9 Å². The number of likely N-dealkylation sites (N-methyl/N-ethyl adjacent to an activating group) is 1. The van der Waals surface area contributed by atoms with Gasteiger partial charge in [-0.3, -0.25) is 9.69 Å². The molecule has 0 fully saturated rings. The molecule has 1 heterocycles. The van der Waals surface area contributed by atoms with Gasteiger partial charge < -0.3 is 5.11 Å². The number of nitrogens with zero attached hydrogens (tertiary/aromatic N) is 4. The number of nitriles is 1. The van der Waals surface area contributed by atoms with Crippen molar-refractivity contribution in [3.63, 3.8) is 0 Å². The van der Waals surface area contributed by atoms with Gasteiger partial charge in [0.05, 0.1) is 18.2 Å². The summed E-state index contributed by atoms with van der Waals surface area (Å²) in [6.45, 7) is 7.12. The summed E-state index contributed by atoms with van der Waals surface area (Å²) in [7, 11) is 1.82. The van der Waals surface area contributed by atoms with E-state index in [0.29, 0.717) is 23.9 Å². The van der Waals surface area contributed by atoms with Gasteiger partial charge in [-0.2, -0.15) is 5.26 Å². The van der Waals surface area contributed by atoms with Gasteiger partial charge in [0.1, 0.15) is 0 Å². The summed E-state index contributed by atoms with van der Waals surface area (Å²) in [5.41, 5.74) is 7.04. The molecule has 0 saturated heterocycles. The van der Waals surface area contributed by atoms with E-state index >= 15 is 0 Å². The molecule has 0 bridgehead atoms. The van der Waals surface area contributed by atoms with Crippen LogP contribution in [0.1, 0.15) is 43.0 Å². The zero-order chi connectivity index (χ0) is 24.7. The highest BCUT2D eigenvalue weighted by molar-refractivity contribution is 5.70. The number of aliphatic carboxylic acids is 1. The zero-order valence-corrected chi connectivity index (χ0v) is 20.4. The smallest absolute Gasteiger partial charge is 0.317 e. The zero-order valence-electron chi connectivity index (χ0n) is 20.4. The quantitative estimate of drug-likeness (QED) is 0.462. The Balaban J connectivity index is 1.84. The number of hydrogen-bond acceptors (Lipinski definition) is 5. The van der Waals surface area contributed by atoms with Gasteiger partial charge in [0, 0.05) is 30.1 Å². The molecule has 0 radical (unpaired) electrons. The van der Waals surface area contributed by atoms with Crippen LogP contribution in [0.15, 0.2) is 48.8 Å². The fraction of sp³-hybridized carbons (Fsp3) is 0.357. The predicted molar refractivity (Wildman–Crippen MR) is 134 cm³/mol. The number of carboxylic acids is 1. The number of rotatable bonds is 10. The third kappa shape index (κ3) is 6.27. The average Bonchev–Trinajstić information content (AvgIpc) is 2.82. The number of aromatic nitrogens is 2. The molecule has 0 aliphatic rings. The summed E-state index contributed by atoms with van der Waals surface area (Å²) in [4.78, 5) is 22.0. The molecule has 2 aromatic carbocycles. The lowest BCUT2D eigenvalue weighted by atomic mass is 9.93. The molecule has 1 N–H and O–H groups in total. The van der Waals surface area contributed by atoms with E-state index in [2.05, 4.69) is 48.9 Å². The molecule has 0 aliphatic carbocycles. The Hall–Kier alpha value is -3.56. The van der Waals surface area contributed by atoms with Gasteiger partial charge >= 0.3 is 5.97 Å². The predicted octanol–water partition coefficient (Wildman–Crippen LogP) is 5.00. The summed E-state index contributed by atoms with van der Waals surface area (Å²) in [6.07, 6.45) is 6.18. The fourth-order valence-corrected chi connectivity index (χ4v) is 4.23. The van der Waals surface area contributed by atoms with Crippen LogP contribution in [0.5, 0.6) is 0 Å². The Labute approximate surface area is 201 Å². The fourth-order valence-electron chi connectivity index (χ4n) is 4.23. The molecular formula is C28H32N4O2. The monoisotopic (exact) mass is 456 g/mol. The molecule has 6 heteroatoms. The van der Waals surface area contributed by atoms with E-state index in [1.807, 2.05) is 48.6 Å². The van der Waals surface area contributed by atoms with Crippen molar-refractivity contribution in [1.29, 1.82) is 5.26 Å². The number of carboxylic acid groups (broad SMARTS) is 1. The van der Waals surface area contributed by atoms with Crippen molar-refractivity contribution >= 4 is 5.97 Å². The highest BCUT2D eigenvalue weighted by Gasteiger charge is 2.13. The highest BCUT2D eigenvalue weighted by atomic mass is 16.4. The van der Waals surface area contributed by atoms with Gasteiger partial charge in [0.15, 0.2) is 5.82 Å². The molecule has 0 unspecified atom stereocenters. The third-order valence-electron chi connectivity index (χ3n) is 5.87. The lowest BCUT2D eigenvalue weighted by molar-refractivity contribution is -0.137. The summed E-state index contributed by atoms with van der Waals surface area (Å²) < 4.78 is 0. The Kier molecular flexibility index (Phi) is 8.50. The first-order valence-electron chi connectivity index (χ1n) is 11.7. The van der Waals surface area contributed by atoms with Crippen molar-refractivity contribution in [2.45, 2.75) is 40.0 Å². The standard InChI is InChI=1S/C28H32N4O2/c1-5-25-20(11-12-32(4)18-27(33)34)7-6-8-26(25)24-16-30-28(31-17-24)22-10-9-21(13-19(2)3)23(14-22)15-29/h6-10,14,16-17,19H,5,11-13,18H2,1-4H3,(H,33,34). The SMILES string of the molecule is CCc1c(CCN(C)CC(=O)O)cccc1-c1cnc(-c2ccc(CC(C)C)c(C#N)c2)nc1. The topological polar surface area (TPSA) is 90.1 Å². The second-order valence-corrected chi connectivity index (χ2v) is 9.06. The van der Waals surface area contributed by atoms with Gasteiger partial charge in [-0.15, -0.1) is 0 Å². The van der Waals surface area contributed by atoms with E-state index in [9.17, 15) is 10.1 Å². The first-order chi connectivity index (χ1) is 16.3. The number of hydrogen-bond donors (Lipinski definition) is 1. The van der Waals surface area contributed by atoms with Crippen molar-refractivity contribution in [3.05, 3.63) is 71.0 Å². The van der Waals surface area contributed by atoms with E-state index in [1.165, 1.54) is 11.1 Å². The Bertz CT molecular complexity index is 1180. The molecule has 3 rings (SSSR count). The van der Waals surface area contributed by atoms with Crippen LogP contribution in [0.3, 0.4) is 0 Å². The van der Waals surface area contributed by atoms with Crippen LogP contribution in [-0.4, -0.2) is 46.1 Å². The van der Waals surface area contributed by atoms with Crippen LogP contribution < -0.4 is 0 Å². The molecule has 0 atom stereocenters. The second-order valence-electron chi connectivity index (χ2n) is 9.06. The van der Waals surface area contributed by atoms with Crippen molar-refractivity contribution in [2.24, 2.45) is 5.92 Å². The van der Waals surface area contributed by atoms with Crippen LogP contribution in [-0.2, 0) is 24.1 Å². The van der Waals surface area contributed by atoms with Gasteiger partial charge in [0.2, 0.25) is 0 Å². The van der Waals surface area contributed by atoms with E-state index in [4.69, 9.17) is 5.11 Å². The minimum atomic E-state index is -0.819. The molecule has 0 saturated carbocycles. The van der Waals surface area contributed by atoms with Crippen LogP contribution in [0.25, 0.3) is 22.5 Å². The van der Waals surface area contributed by atoms with Crippen molar-refractivity contribution in [2.75, 3.05) is 20.1 Å². The van der Waals surface area contributed by atoms with Crippen molar-refractivity contribution < 1.29 is 9.90 Å².